The number of rotatable bonds is 6. The van der Waals surface area contributed by atoms with Gasteiger partial charge in [-0.15, -0.1) is 0 Å². The fourth-order valence-electron chi connectivity index (χ4n) is 2.97. The van der Waals surface area contributed by atoms with Crippen molar-refractivity contribution in [1.82, 2.24) is 10.2 Å². The molecule has 1 aliphatic rings. The van der Waals surface area contributed by atoms with Crippen molar-refractivity contribution in [1.29, 1.82) is 5.26 Å². The Bertz CT molecular complexity index is 795. The molecule has 7 nitrogen and oxygen atoms in total. The molecule has 0 bridgehead atoms. The van der Waals surface area contributed by atoms with E-state index in [0.29, 0.717) is 36.5 Å². The fourth-order valence-corrected chi connectivity index (χ4v) is 3.10. The molecule has 1 aliphatic heterocycles. The van der Waals surface area contributed by atoms with Crippen LogP contribution in [0.25, 0.3) is 0 Å². The average Bonchev–Trinajstić information content (AvgIpc) is 2.72. The molecule has 1 aromatic rings. The Labute approximate surface area is 176 Å². The molecule has 29 heavy (non-hydrogen) atoms. The van der Waals surface area contributed by atoms with Crippen molar-refractivity contribution < 1.29 is 19.1 Å². The van der Waals surface area contributed by atoms with Crippen molar-refractivity contribution in [2.45, 2.75) is 39.2 Å². The minimum atomic E-state index is -1.02. The molecule has 2 rings (SSSR count). The van der Waals surface area contributed by atoms with Gasteiger partial charge in [-0.25, -0.2) is 0 Å². The first-order valence-corrected chi connectivity index (χ1v) is 9.98. The number of hydrogen-bond donors (Lipinski definition) is 1. The van der Waals surface area contributed by atoms with E-state index >= 15 is 0 Å². The topological polar surface area (TPSA) is 99.5 Å². The van der Waals surface area contributed by atoms with Gasteiger partial charge in [0.25, 0.3) is 11.8 Å². The van der Waals surface area contributed by atoms with E-state index in [1.54, 1.807) is 36.1 Å². The third kappa shape index (κ3) is 5.94. The summed E-state index contributed by atoms with van der Waals surface area (Å²) in [6, 6.07) is 8.76. The number of halogens is 1. The molecule has 0 aromatic heterocycles. The van der Waals surface area contributed by atoms with Gasteiger partial charge in [0.1, 0.15) is 5.54 Å². The Balaban J connectivity index is 1.80. The maximum absolute atomic E-state index is 12.5. The monoisotopic (exact) mass is 419 g/mol. The van der Waals surface area contributed by atoms with Crippen LogP contribution in [0, 0.1) is 23.2 Å². The van der Waals surface area contributed by atoms with Gasteiger partial charge in [0.2, 0.25) is 0 Å². The maximum Gasteiger partial charge on any atom is 0.309 e. The molecule has 1 aromatic carbocycles. The van der Waals surface area contributed by atoms with Crippen molar-refractivity contribution >= 4 is 29.4 Å². The normalized spacial score (nSPS) is 16.6. The number of carbonyl (C=O) groups is 3. The summed E-state index contributed by atoms with van der Waals surface area (Å²) in [5.41, 5.74) is -0.463. The summed E-state index contributed by atoms with van der Waals surface area (Å²) in [5.74, 6) is -1.51. The van der Waals surface area contributed by atoms with Gasteiger partial charge < -0.3 is 15.0 Å². The number of carbonyl (C=O) groups excluding carboxylic acids is 3. The lowest BCUT2D eigenvalue weighted by Crippen LogP contribution is -2.50. The van der Waals surface area contributed by atoms with Crippen LogP contribution in [-0.4, -0.2) is 47.9 Å². The van der Waals surface area contributed by atoms with E-state index in [2.05, 4.69) is 11.4 Å². The number of likely N-dealkylation sites (tertiary alicyclic amines) is 1. The molecule has 2 amide bonds. The van der Waals surface area contributed by atoms with Crippen LogP contribution >= 0.6 is 11.6 Å². The Morgan fingerprint density at radius 2 is 1.86 bits per heavy atom. The summed E-state index contributed by atoms with van der Waals surface area (Å²) in [6.45, 7) is 5.74. The summed E-state index contributed by atoms with van der Waals surface area (Å²) in [6.07, 6.45) is 0.948. The molecule has 1 atom stereocenters. The second-order valence-corrected chi connectivity index (χ2v) is 8.13. The first kappa shape index (κ1) is 22.7. The van der Waals surface area contributed by atoms with Crippen molar-refractivity contribution in [3.05, 3.63) is 34.9 Å². The van der Waals surface area contributed by atoms with E-state index in [1.165, 1.54) is 0 Å². The number of esters is 1. The molecule has 1 saturated heterocycles. The van der Waals surface area contributed by atoms with Gasteiger partial charge in [0.15, 0.2) is 6.61 Å². The molecule has 0 unspecified atom stereocenters. The molecule has 1 heterocycles. The van der Waals surface area contributed by atoms with Gasteiger partial charge in [-0.05, 0) is 49.9 Å². The van der Waals surface area contributed by atoms with Crippen molar-refractivity contribution in [2.75, 3.05) is 19.7 Å². The number of nitrogens with one attached hydrogen (secondary N) is 1. The zero-order valence-electron chi connectivity index (χ0n) is 16.9. The lowest BCUT2D eigenvalue weighted by atomic mass is 9.90. The molecule has 8 heteroatoms. The molecule has 0 radical (unpaired) electrons. The van der Waals surface area contributed by atoms with E-state index in [9.17, 15) is 19.6 Å². The summed E-state index contributed by atoms with van der Waals surface area (Å²) < 4.78 is 5.13. The van der Waals surface area contributed by atoms with E-state index in [-0.39, 0.29) is 17.7 Å². The molecule has 0 spiro atoms. The quantitative estimate of drug-likeness (QED) is 0.714. The first-order valence-electron chi connectivity index (χ1n) is 9.60. The van der Waals surface area contributed by atoms with Crippen molar-refractivity contribution in [2.24, 2.45) is 11.8 Å². The molecule has 0 saturated carbocycles. The second kappa shape index (κ2) is 9.75. The predicted octanol–water partition coefficient (Wildman–Crippen LogP) is 2.79. The van der Waals surface area contributed by atoms with Gasteiger partial charge in [0, 0.05) is 23.7 Å². The van der Waals surface area contributed by atoms with Crippen molar-refractivity contribution in [3.8, 4) is 6.07 Å². The molecule has 156 valence electrons. The number of nitrogens with zero attached hydrogens (tertiary/aromatic N) is 2. The Morgan fingerprint density at radius 3 is 2.38 bits per heavy atom. The zero-order chi connectivity index (χ0) is 21.6. The standard InChI is InChI=1S/C21H26ClN3O4/c1-14(2)21(3,13-23)24-18(26)12-29-20(28)16-8-10-25(11-9-16)19(27)15-4-6-17(22)7-5-15/h4-7,14,16H,8-12H2,1-3H3,(H,24,26)/t21-/m1/s1. The lowest BCUT2D eigenvalue weighted by molar-refractivity contribution is -0.154. The fraction of sp³-hybridized carbons (Fsp3) is 0.524. The highest BCUT2D eigenvalue weighted by atomic mass is 35.5. The first-order chi connectivity index (χ1) is 13.7. The Kier molecular flexibility index (Phi) is 7.63. The predicted molar refractivity (Wildman–Crippen MR) is 108 cm³/mol. The van der Waals surface area contributed by atoms with E-state index in [0.717, 1.165) is 0 Å². The number of hydrogen-bond acceptors (Lipinski definition) is 5. The number of nitriles is 1. The second-order valence-electron chi connectivity index (χ2n) is 7.70. The van der Waals surface area contributed by atoms with Crippen molar-refractivity contribution in [3.63, 3.8) is 0 Å². The molecule has 1 N–H and O–H groups in total. The zero-order valence-corrected chi connectivity index (χ0v) is 17.7. The highest BCUT2D eigenvalue weighted by Gasteiger charge is 2.32. The summed E-state index contributed by atoms with van der Waals surface area (Å²) in [7, 11) is 0. The largest absolute Gasteiger partial charge is 0.455 e. The molecular formula is C21H26ClN3O4. The number of ether oxygens (including phenoxy) is 1. The molecule has 1 fully saturated rings. The van der Waals surface area contributed by atoms with Crippen LogP contribution in [0.2, 0.25) is 5.02 Å². The molecule has 0 aliphatic carbocycles. The third-order valence-electron chi connectivity index (χ3n) is 5.34. The smallest absolute Gasteiger partial charge is 0.309 e. The van der Waals surface area contributed by atoms with Crippen LogP contribution in [0.3, 0.4) is 0 Å². The van der Waals surface area contributed by atoms with Gasteiger partial charge in [-0.3, -0.25) is 14.4 Å². The van der Waals surface area contributed by atoms with Gasteiger partial charge in [-0.2, -0.15) is 5.26 Å². The highest BCUT2D eigenvalue weighted by molar-refractivity contribution is 6.30. The number of piperidine rings is 1. The Hall–Kier alpha value is -2.59. The minimum absolute atomic E-state index is 0.0883. The van der Waals surface area contributed by atoms with Crippen LogP contribution in [0.4, 0.5) is 0 Å². The summed E-state index contributed by atoms with van der Waals surface area (Å²) in [5, 5.41) is 12.4. The van der Waals surface area contributed by atoms with E-state index in [1.807, 2.05) is 13.8 Å². The summed E-state index contributed by atoms with van der Waals surface area (Å²) >= 11 is 5.85. The number of benzene rings is 1. The van der Waals surface area contributed by atoms with Crippen LogP contribution < -0.4 is 5.32 Å². The van der Waals surface area contributed by atoms with Crippen LogP contribution in [0.1, 0.15) is 44.0 Å². The Morgan fingerprint density at radius 1 is 1.28 bits per heavy atom. The minimum Gasteiger partial charge on any atom is -0.455 e. The average molecular weight is 420 g/mol. The molecular weight excluding hydrogens is 394 g/mol. The number of amides is 2. The maximum atomic E-state index is 12.5. The van der Waals surface area contributed by atoms with E-state index in [4.69, 9.17) is 16.3 Å². The van der Waals surface area contributed by atoms with E-state index < -0.39 is 24.0 Å². The SMILES string of the molecule is CC(C)[C@@](C)(C#N)NC(=O)COC(=O)C1CCN(C(=O)c2ccc(Cl)cc2)CC1. The highest BCUT2D eigenvalue weighted by Crippen LogP contribution is 2.21. The third-order valence-corrected chi connectivity index (χ3v) is 5.59. The van der Waals surface area contributed by atoms with Crippen LogP contribution in [-0.2, 0) is 14.3 Å². The van der Waals surface area contributed by atoms with Gasteiger partial charge in [-0.1, -0.05) is 25.4 Å². The summed E-state index contributed by atoms with van der Waals surface area (Å²) in [4.78, 5) is 38.5. The van der Waals surface area contributed by atoms with Gasteiger partial charge >= 0.3 is 5.97 Å². The lowest BCUT2D eigenvalue weighted by Gasteiger charge is -2.31. The van der Waals surface area contributed by atoms with Crippen LogP contribution in [0.5, 0.6) is 0 Å². The van der Waals surface area contributed by atoms with Crippen LogP contribution in [0.15, 0.2) is 24.3 Å². The van der Waals surface area contributed by atoms with Gasteiger partial charge in [0.05, 0.1) is 12.0 Å².